The number of benzene rings is 1. The van der Waals surface area contributed by atoms with E-state index >= 15 is 0 Å². The third-order valence-electron chi connectivity index (χ3n) is 3.43. The van der Waals surface area contributed by atoms with Crippen molar-refractivity contribution in [3.63, 3.8) is 0 Å². The first-order chi connectivity index (χ1) is 9.38. The van der Waals surface area contributed by atoms with Gasteiger partial charge in [0.2, 0.25) is 0 Å². The first-order valence-electron chi connectivity index (χ1n) is 6.19. The maximum Gasteiger partial charge on any atom is 0.168 e. The molecule has 2 aromatic rings. The molecule has 0 aliphatic carbocycles. The van der Waals surface area contributed by atoms with E-state index in [1.54, 1.807) is 23.1 Å². The standard InChI is InChI=1S/C14H12N2OS2/c17-7-12-13(16-6-5-15-14(16)19-12)10-8-18-11-4-2-1-3-9(10)11/h1-4,8,17H,5-7H2. The van der Waals surface area contributed by atoms with Crippen molar-refractivity contribution in [2.45, 2.75) is 0 Å². The Labute approximate surface area is 119 Å². The van der Waals surface area contributed by atoms with E-state index in [-0.39, 0.29) is 6.61 Å². The van der Waals surface area contributed by atoms with Gasteiger partial charge in [0.05, 0.1) is 18.8 Å². The van der Waals surface area contributed by atoms with E-state index in [9.17, 15) is 5.11 Å². The van der Waals surface area contributed by atoms with Gasteiger partial charge in [-0.25, -0.2) is 0 Å². The number of aliphatic hydroxyl groups excluding tert-OH is 1. The van der Waals surface area contributed by atoms with Crippen LogP contribution in [0.25, 0.3) is 15.8 Å². The molecule has 0 bridgehead atoms. The molecule has 3 nitrogen and oxygen atoms in total. The summed E-state index contributed by atoms with van der Waals surface area (Å²) in [4.78, 5) is 7.75. The highest BCUT2D eigenvalue weighted by Gasteiger charge is 2.33. The Balaban J connectivity index is 1.92. The molecule has 2 aliphatic rings. The molecule has 3 heterocycles. The largest absolute Gasteiger partial charge is 0.391 e. The van der Waals surface area contributed by atoms with Crippen LogP contribution >= 0.6 is 23.1 Å². The van der Waals surface area contributed by atoms with Crippen LogP contribution in [0.15, 0.2) is 39.5 Å². The summed E-state index contributed by atoms with van der Waals surface area (Å²) in [7, 11) is 0. The van der Waals surface area contributed by atoms with Gasteiger partial charge < -0.3 is 10.0 Å². The molecule has 5 heteroatoms. The lowest BCUT2D eigenvalue weighted by molar-refractivity contribution is 0.339. The fraction of sp³-hybridized carbons (Fsp3) is 0.214. The van der Waals surface area contributed by atoms with Crippen LogP contribution in [0.4, 0.5) is 0 Å². The second-order valence-corrected chi connectivity index (χ2v) is 6.47. The monoisotopic (exact) mass is 288 g/mol. The van der Waals surface area contributed by atoms with E-state index in [2.05, 4.69) is 39.5 Å². The summed E-state index contributed by atoms with van der Waals surface area (Å²) in [5.41, 5.74) is 2.38. The highest BCUT2D eigenvalue weighted by atomic mass is 32.2. The number of aliphatic hydroxyl groups is 1. The predicted molar refractivity (Wildman–Crippen MR) is 82.4 cm³/mol. The maximum atomic E-state index is 9.61. The number of fused-ring (bicyclic) bond motifs is 2. The van der Waals surface area contributed by atoms with Gasteiger partial charge in [0.15, 0.2) is 5.17 Å². The number of thioether (sulfide) groups is 1. The van der Waals surface area contributed by atoms with Crippen molar-refractivity contribution in [2.75, 3.05) is 19.7 Å². The number of hydrogen-bond acceptors (Lipinski definition) is 5. The molecule has 0 fully saturated rings. The molecule has 0 radical (unpaired) electrons. The minimum Gasteiger partial charge on any atom is -0.391 e. The SMILES string of the molecule is OCC1=C(c2csc3ccccc23)N2CCN=C2S1. The summed E-state index contributed by atoms with van der Waals surface area (Å²) in [5, 5.41) is 14.1. The summed E-state index contributed by atoms with van der Waals surface area (Å²) in [6.45, 7) is 1.86. The van der Waals surface area contributed by atoms with Crippen LogP contribution in [0.5, 0.6) is 0 Å². The van der Waals surface area contributed by atoms with Gasteiger partial charge in [-0.15, -0.1) is 11.3 Å². The number of nitrogens with zero attached hydrogens (tertiary/aromatic N) is 2. The summed E-state index contributed by atoms with van der Waals surface area (Å²) in [5.74, 6) is 0. The quantitative estimate of drug-likeness (QED) is 0.923. The lowest BCUT2D eigenvalue weighted by atomic mass is 10.1. The molecule has 1 aromatic carbocycles. The van der Waals surface area contributed by atoms with Crippen molar-refractivity contribution in [1.82, 2.24) is 4.90 Å². The van der Waals surface area contributed by atoms with Crippen LogP contribution in [0.3, 0.4) is 0 Å². The lowest BCUT2D eigenvalue weighted by Crippen LogP contribution is -2.19. The van der Waals surface area contributed by atoms with E-state index < -0.39 is 0 Å². The van der Waals surface area contributed by atoms with Crippen LogP contribution in [0.1, 0.15) is 5.56 Å². The van der Waals surface area contributed by atoms with Crippen molar-refractivity contribution < 1.29 is 5.11 Å². The van der Waals surface area contributed by atoms with Crippen LogP contribution in [-0.2, 0) is 0 Å². The zero-order valence-electron chi connectivity index (χ0n) is 10.2. The maximum absolute atomic E-state index is 9.61. The number of aliphatic imine (C=N–C) groups is 1. The topological polar surface area (TPSA) is 35.8 Å². The fourth-order valence-electron chi connectivity index (χ4n) is 2.59. The molecular formula is C14H12N2OS2. The molecule has 0 saturated heterocycles. The van der Waals surface area contributed by atoms with Crippen LogP contribution in [0, 0.1) is 0 Å². The van der Waals surface area contributed by atoms with Crippen LogP contribution in [0.2, 0.25) is 0 Å². The summed E-state index contributed by atoms with van der Waals surface area (Å²) in [6.07, 6.45) is 0. The van der Waals surface area contributed by atoms with E-state index in [0.29, 0.717) is 0 Å². The van der Waals surface area contributed by atoms with Crippen LogP contribution < -0.4 is 0 Å². The van der Waals surface area contributed by atoms with Gasteiger partial charge in [0.1, 0.15) is 0 Å². The molecule has 1 N–H and O–H groups in total. The molecule has 0 atom stereocenters. The molecule has 0 unspecified atom stereocenters. The van der Waals surface area contributed by atoms with E-state index in [1.807, 2.05) is 0 Å². The number of rotatable bonds is 2. The van der Waals surface area contributed by atoms with E-state index in [0.717, 1.165) is 28.9 Å². The molecule has 2 aliphatic heterocycles. The molecule has 96 valence electrons. The molecule has 0 amide bonds. The van der Waals surface area contributed by atoms with Crippen LogP contribution in [-0.4, -0.2) is 34.9 Å². The van der Waals surface area contributed by atoms with Crippen molar-refractivity contribution in [1.29, 1.82) is 0 Å². The summed E-state index contributed by atoms with van der Waals surface area (Å²) in [6, 6.07) is 8.43. The average molecular weight is 288 g/mol. The molecule has 1 aromatic heterocycles. The fourth-order valence-corrected chi connectivity index (χ4v) is 4.59. The Bertz CT molecular complexity index is 717. The zero-order valence-corrected chi connectivity index (χ0v) is 11.8. The highest BCUT2D eigenvalue weighted by molar-refractivity contribution is 8.17. The Hall–Kier alpha value is -1.30. The smallest absolute Gasteiger partial charge is 0.168 e. The van der Waals surface area contributed by atoms with Crippen molar-refractivity contribution in [3.05, 3.63) is 40.1 Å². The van der Waals surface area contributed by atoms with E-state index in [4.69, 9.17) is 0 Å². The minimum absolute atomic E-state index is 0.0830. The Morgan fingerprint density at radius 2 is 2.21 bits per heavy atom. The Morgan fingerprint density at radius 3 is 3.11 bits per heavy atom. The molecule has 19 heavy (non-hydrogen) atoms. The van der Waals surface area contributed by atoms with Gasteiger partial charge in [0, 0.05) is 32.5 Å². The third-order valence-corrected chi connectivity index (χ3v) is 5.49. The van der Waals surface area contributed by atoms with Crippen molar-refractivity contribution >= 4 is 44.0 Å². The number of hydrogen-bond donors (Lipinski definition) is 1. The summed E-state index contributed by atoms with van der Waals surface area (Å²) >= 11 is 3.36. The minimum atomic E-state index is 0.0830. The zero-order chi connectivity index (χ0) is 12.8. The number of thiophene rings is 1. The molecule has 0 saturated carbocycles. The predicted octanol–water partition coefficient (Wildman–Crippen LogP) is 2.98. The van der Waals surface area contributed by atoms with Gasteiger partial charge in [-0.3, -0.25) is 4.99 Å². The Kier molecular flexibility index (Phi) is 2.65. The van der Waals surface area contributed by atoms with Gasteiger partial charge in [-0.2, -0.15) is 0 Å². The molecular weight excluding hydrogens is 276 g/mol. The molecule has 4 rings (SSSR count). The van der Waals surface area contributed by atoms with E-state index in [1.165, 1.54) is 15.6 Å². The van der Waals surface area contributed by atoms with Gasteiger partial charge >= 0.3 is 0 Å². The highest BCUT2D eigenvalue weighted by Crippen LogP contribution is 2.44. The normalized spacial score (nSPS) is 18.4. The van der Waals surface area contributed by atoms with Crippen molar-refractivity contribution in [3.8, 4) is 0 Å². The van der Waals surface area contributed by atoms with Gasteiger partial charge in [-0.05, 0) is 6.07 Å². The second-order valence-electron chi connectivity index (χ2n) is 4.49. The van der Waals surface area contributed by atoms with Crippen molar-refractivity contribution in [2.24, 2.45) is 4.99 Å². The Morgan fingerprint density at radius 1 is 1.32 bits per heavy atom. The second kappa shape index (κ2) is 4.37. The third kappa shape index (κ3) is 1.65. The molecule has 0 spiro atoms. The first kappa shape index (κ1) is 11.5. The lowest BCUT2D eigenvalue weighted by Gasteiger charge is -2.16. The average Bonchev–Trinajstić information content (AvgIpc) is 3.11. The summed E-state index contributed by atoms with van der Waals surface area (Å²) < 4.78 is 1.29. The van der Waals surface area contributed by atoms with Gasteiger partial charge in [-0.1, -0.05) is 30.0 Å². The van der Waals surface area contributed by atoms with Gasteiger partial charge in [0.25, 0.3) is 0 Å². The number of amidine groups is 1. The first-order valence-corrected chi connectivity index (χ1v) is 7.88.